The Labute approximate surface area is 224 Å². The molecule has 0 aliphatic carbocycles. The normalized spacial score (nSPS) is 14.1. The van der Waals surface area contributed by atoms with E-state index in [4.69, 9.17) is 11.5 Å². The van der Waals surface area contributed by atoms with Crippen LogP contribution in [0.3, 0.4) is 0 Å². The zero-order valence-electron chi connectivity index (χ0n) is 21.7. The SMILES string of the molecule is CC(C)C(NC(=O)C(N)Cc1ccc(O)cc1)C(=O)NC(Cc1cnc[nH]1)C(=O)NC(CCC(N)=O)C(=O)O. The molecular formula is C25H35N7O7. The number of rotatable bonds is 15. The summed E-state index contributed by atoms with van der Waals surface area (Å²) in [4.78, 5) is 68.5. The number of hydrogen-bond donors (Lipinski definition) is 8. The van der Waals surface area contributed by atoms with Gasteiger partial charge in [0.25, 0.3) is 0 Å². The number of aromatic nitrogens is 2. The van der Waals surface area contributed by atoms with Crippen LogP contribution in [0.4, 0.5) is 0 Å². The highest BCUT2D eigenvalue weighted by atomic mass is 16.4. The highest BCUT2D eigenvalue weighted by molar-refractivity contribution is 5.94. The van der Waals surface area contributed by atoms with E-state index >= 15 is 0 Å². The molecular weight excluding hydrogens is 510 g/mol. The summed E-state index contributed by atoms with van der Waals surface area (Å²) in [5, 5.41) is 26.4. The van der Waals surface area contributed by atoms with Gasteiger partial charge in [-0.1, -0.05) is 26.0 Å². The third-order valence-corrected chi connectivity index (χ3v) is 5.88. The van der Waals surface area contributed by atoms with Crippen molar-refractivity contribution in [2.24, 2.45) is 17.4 Å². The molecule has 39 heavy (non-hydrogen) atoms. The van der Waals surface area contributed by atoms with Gasteiger partial charge in [0.15, 0.2) is 0 Å². The Morgan fingerprint density at radius 3 is 2.13 bits per heavy atom. The standard InChI is InChI=1S/C25H35N7O7/c1-13(2)21(32-22(35)17(26)9-14-3-5-16(33)6-4-14)24(37)31-19(10-15-11-28-12-29-15)23(36)30-18(25(38)39)7-8-20(27)34/h3-6,11-13,17-19,21,33H,7-10,26H2,1-2H3,(H2,27,34)(H,28,29)(H,30,36)(H,31,37)(H,32,35)(H,38,39). The van der Waals surface area contributed by atoms with Crippen molar-refractivity contribution >= 4 is 29.6 Å². The summed E-state index contributed by atoms with van der Waals surface area (Å²) >= 11 is 0. The van der Waals surface area contributed by atoms with Gasteiger partial charge in [0, 0.05) is 24.7 Å². The summed E-state index contributed by atoms with van der Waals surface area (Å²) in [6, 6.07) is 1.49. The van der Waals surface area contributed by atoms with Crippen molar-refractivity contribution in [1.29, 1.82) is 0 Å². The predicted molar refractivity (Wildman–Crippen MR) is 139 cm³/mol. The average Bonchev–Trinajstić information content (AvgIpc) is 3.38. The Morgan fingerprint density at radius 1 is 0.949 bits per heavy atom. The Kier molecular flexibility index (Phi) is 11.4. The number of H-pyrrole nitrogens is 1. The molecule has 14 heteroatoms. The molecule has 1 aromatic carbocycles. The Morgan fingerprint density at radius 2 is 1.59 bits per heavy atom. The molecule has 4 amide bonds. The molecule has 0 saturated heterocycles. The number of carbonyl (C=O) groups is 5. The zero-order valence-corrected chi connectivity index (χ0v) is 21.7. The number of primary amides is 1. The first-order valence-electron chi connectivity index (χ1n) is 12.3. The fourth-order valence-corrected chi connectivity index (χ4v) is 3.68. The van der Waals surface area contributed by atoms with Gasteiger partial charge in [-0.25, -0.2) is 9.78 Å². The van der Waals surface area contributed by atoms with Crippen LogP contribution in [-0.2, 0) is 36.8 Å². The number of benzene rings is 1. The number of nitrogens with one attached hydrogen (secondary N) is 4. The first-order valence-corrected chi connectivity index (χ1v) is 12.3. The van der Waals surface area contributed by atoms with E-state index in [1.807, 2.05) is 0 Å². The van der Waals surface area contributed by atoms with Crippen molar-refractivity contribution in [3.63, 3.8) is 0 Å². The molecule has 0 spiro atoms. The van der Waals surface area contributed by atoms with E-state index in [0.717, 1.165) is 0 Å². The van der Waals surface area contributed by atoms with Crippen LogP contribution in [0.2, 0.25) is 0 Å². The van der Waals surface area contributed by atoms with Gasteiger partial charge in [-0.15, -0.1) is 0 Å². The molecule has 14 nitrogen and oxygen atoms in total. The molecule has 212 valence electrons. The molecule has 0 fully saturated rings. The van der Waals surface area contributed by atoms with Gasteiger partial charge in [0.2, 0.25) is 23.6 Å². The van der Waals surface area contributed by atoms with Crippen LogP contribution in [0, 0.1) is 5.92 Å². The molecule has 10 N–H and O–H groups in total. The topological polar surface area (TPSA) is 243 Å². The maximum atomic E-state index is 13.2. The fraction of sp³-hybridized carbons (Fsp3) is 0.440. The van der Waals surface area contributed by atoms with Crippen molar-refractivity contribution in [1.82, 2.24) is 25.9 Å². The van der Waals surface area contributed by atoms with Crippen LogP contribution >= 0.6 is 0 Å². The quantitative estimate of drug-likeness (QED) is 0.132. The van der Waals surface area contributed by atoms with Gasteiger partial charge in [-0.05, 0) is 36.5 Å². The molecule has 0 bridgehead atoms. The first-order chi connectivity index (χ1) is 18.4. The summed E-state index contributed by atoms with van der Waals surface area (Å²) < 4.78 is 0. The molecule has 4 unspecified atom stereocenters. The Balaban J connectivity index is 2.14. The Hall–Kier alpha value is -4.46. The molecule has 1 aromatic heterocycles. The van der Waals surface area contributed by atoms with E-state index in [0.29, 0.717) is 11.3 Å². The fourth-order valence-electron chi connectivity index (χ4n) is 3.68. The maximum Gasteiger partial charge on any atom is 0.326 e. The maximum absolute atomic E-state index is 13.2. The van der Waals surface area contributed by atoms with E-state index in [-0.39, 0.29) is 31.4 Å². The molecule has 0 aliphatic heterocycles. The number of nitrogens with two attached hydrogens (primary N) is 2. The molecule has 4 atom stereocenters. The van der Waals surface area contributed by atoms with Crippen molar-refractivity contribution in [3.05, 3.63) is 48.0 Å². The molecule has 0 aliphatic rings. The summed E-state index contributed by atoms with van der Waals surface area (Å²) in [6.07, 6.45) is 2.43. The number of hydrogen-bond acceptors (Lipinski definition) is 8. The van der Waals surface area contributed by atoms with Crippen molar-refractivity contribution in [3.8, 4) is 5.75 Å². The third kappa shape index (κ3) is 10.1. The third-order valence-electron chi connectivity index (χ3n) is 5.88. The number of phenols is 1. The van der Waals surface area contributed by atoms with Crippen LogP contribution in [-0.4, -0.2) is 73.9 Å². The van der Waals surface area contributed by atoms with Crippen molar-refractivity contribution < 1.29 is 34.2 Å². The van der Waals surface area contributed by atoms with Gasteiger partial charge in [0.05, 0.1) is 12.4 Å². The van der Waals surface area contributed by atoms with Gasteiger partial charge in [-0.3, -0.25) is 19.2 Å². The highest BCUT2D eigenvalue weighted by Gasteiger charge is 2.32. The number of carboxylic acid groups (broad SMARTS) is 1. The molecule has 1 heterocycles. The van der Waals surface area contributed by atoms with Gasteiger partial charge in [0.1, 0.15) is 23.9 Å². The van der Waals surface area contributed by atoms with Gasteiger partial charge < -0.3 is 42.6 Å². The van der Waals surface area contributed by atoms with E-state index < -0.39 is 59.7 Å². The average molecular weight is 546 g/mol. The lowest BCUT2D eigenvalue weighted by molar-refractivity contribution is -0.142. The molecule has 0 radical (unpaired) electrons. The lowest BCUT2D eigenvalue weighted by Gasteiger charge is -2.27. The van der Waals surface area contributed by atoms with Crippen LogP contribution in [0.1, 0.15) is 37.9 Å². The lowest BCUT2D eigenvalue weighted by atomic mass is 10.0. The van der Waals surface area contributed by atoms with Crippen LogP contribution in [0.5, 0.6) is 5.75 Å². The van der Waals surface area contributed by atoms with E-state index in [9.17, 15) is 34.2 Å². The van der Waals surface area contributed by atoms with E-state index in [1.54, 1.807) is 26.0 Å². The number of phenolic OH excluding ortho intramolecular Hbond substituents is 1. The van der Waals surface area contributed by atoms with Crippen molar-refractivity contribution in [2.75, 3.05) is 0 Å². The second kappa shape index (κ2) is 14.5. The predicted octanol–water partition coefficient (Wildman–Crippen LogP) is -1.31. The number of aromatic hydroxyl groups is 1. The second-order valence-corrected chi connectivity index (χ2v) is 9.45. The van der Waals surface area contributed by atoms with Crippen LogP contribution in [0.25, 0.3) is 0 Å². The Bertz CT molecular complexity index is 1140. The number of nitrogens with zero attached hydrogens (tertiary/aromatic N) is 1. The summed E-state index contributed by atoms with van der Waals surface area (Å²) in [6.45, 7) is 3.40. The van der Waals surface area contributed by atoms with Crippen LogP contribution < -0.4 is 27.4 Å². The minimum atomic E-state index is -1.41. The number of carboxylic acids is 1. The zero-order chi connectivity index (χ0) is 29.1. The van der Waals surface area contributed by atoms with Gasteiger partial charge >= 0.3 is 5.97 Å². The van der Waals surface area contributed by atoms with Crippen LogP contribution in [0.15, 0.2) is 36.8 Å². The monoisotopic (exact) mass is 545 g/mol. The summed E-state index contributed by atoms with van der Waals surface area (Å²) in [7, 11) is 0. The second-order valence-electron chi connectivity index (χ2n) is 9.45. The molecule has 0 saturated carbocycles. The minimum absolute atomic E-state index is 0.0567. The summed E-state index contributed by atoms with van der Waals surface area (Å²) in [5.41, 5.74) is 12.3. The van der Waals surface area contributed by atoms with Crippen molar-refractivity contribution in [2.45, 2.75) is 63.7 Å². The smallest absolute Gasteiger partial charge is 0.326 e. The highest BCUT2D eigenvalue weighted by Crippen LogP contribution is 2.12. The van der Waals surface area contributed by atoms with E-state index in [1.165, 1.54) is 24.7 Å². The minimum Gasteiger partial charge on any atom is -0.508 e. The number of aromatic amines is 1. The summed E-state index contributed by atoms with van der Waals surface area (Å²) in [5.74, 6) is -4.50. The number of aliphatic carboxylic acids is 1. The first kappa shape index (κ1) is 30.8. The number of carbonyl (C=O) groups excluding carboxylic acids is 4. The number of amides is 4. The molecule has 2 aromatic rings. The van der Waals surface area contributed by atoms with E-state index in [2.05, 4.69) is 25.9 Å². The van der Waals surface area contributed by atoms with Gasteiger partial charge in [-0.2, -0.15) is 0 Å². The molecule has 2 rings (SSSR count). The number of imidazole rings is 1. The largest absolute Gasteiger partial charge is 0.508 e. The lowest BCUT2D eigenvalue weighted by Crippen LogP contribution is -2.59.